The number of alkyl halides is 3. The van der Waals surface area contributed by atoms with Crippen molar-refractivity contribution in [3.63, 3.8) is 0 Å². The molecule has 7 heteroatoms. The molecule has 0 radical (unpaired) electrons. The molecule has 4 nitrogen and oxygen atoms in total. The second-order valence-corrected chi connectivity index (χ2v) is 8.30. The Bertz CT molecular complexity index is 869. The minimum absolute atomic E-state index is 0.0614. The summed E-state index contributed by atoms with van der Waals surface area (Å²) in [5.74, 6) is 0.311. The number of nitrogens with zero attached hydrogens (tertiary/aromatic N) is 3. The van der Waals surface area contributed by atoms with Crippen LogP contribution in [0.3, 0.4) is 0 Å². The highest BCUT2D eigenvalue weighted by atomic mass is 19.4. The van der Waals surface area contributed by atoms with E-state index in [1.807, 2.05) is 19.1 Å². The Labute approximate surface area is 169 Å². The predicted octanol–water partition coefficient (Wildman–Crippen LogP) is 5.12. The molecule has 29 heavy (non-hydrogen) atoms. The zero-order chi connectivity index (χ0) is 21.3. The number of aromatic nitrogens is 2. The molecule has 1 heterocycles. The molecule has 1 aromatic heterocycles. The Balaban J connectivity index is 1.87. The zero-order valence-corrected chi connectivity index (χ0v) is 17.4. The van der Waals surface area contributed by atoms with E-state index in [9.17, 15) is 18.0 Å². The van der Waals surface area contributed by atoms with Gasteiger partial charge in [-0.15, -0.1) is 0 Å². The first kappa shape index (κ1) is 21.4. The molecular formula is C22H28F3N3O. The van der Waals surface area contributed by atoms with Crippen molar-refractivity contribution < 1.29 is 18.0 Å². The van der Waals surface area contributed by atoms with Gasteiger partial charge in [-0.3, -0.25) is 9.48 Å². The number of benzene rings is 1. The molecule has 1 aliphatic carbocycles. The Morgan fingerprint density at radius 1 is 1.14 bits per heavy atom. The van der Waals surface area contributed by atoms with E-state index in [0.29, 0.717) is 42.1 Å². The molecule has 1 unspecified atom stereocenters. The van der Waals surface area contributed by atoms with Crippen LogP contribution in [0.4, 0.5) is 13.2 Å². The summed E-state index contributed by atoms with van der Waals surface area (Å²) in [4.78, 5) is 14.2. The number of carbonyl (C=O) groups excluding carboxylic acids is 1. The van der Waals surface area contributed by atoms with Crippen LogP contribution in [0.2, 0.25) is 0 Å². The molecule has 1 aromatic carbocycles. The van der Waals surface area contributed by atoms with Crippen molar-refractivity contribution in [3.8, 4) is 0 Å². The molecule has 2 aromatic rings. The molecule has 158 valence electrons. The van der Waals surface area contributed by atoms with Crippen molar-refractivity contribution in [2.75, 3.05) is 13.6 Å². The monoisotopic (exact) mass is 407 g/mol. The van der Waals surface area contributed by atoms with Gasteiger partial charge in [-0.25, -0.2) is 0 Å². The fourth-order valence-corrected chi connectivity index (χ4v) is 4.07. The van der Waals surface area contributed by atoms with Crippen LogP contribution < -0.4 is 0 Å². The van der Waals surface area contributed by atoms with Crippen LogP contribution in [-0.2, 0) is 19.0 Å². The number of amides is 1. The van der Waals surface area contributed by atoms with Crippen LogP contribution >= 0.6 is 0 Å². The van der Waals surface area contributed by atoms with Crippen LogP contribution in [0.15, 0.2) is 24.3 Å². The summed E-state index contributed by atoms with van der Waals surface area (Å²) in [6.45, 7) is 6.61. The number of hydrogen-bond donors (Lipinski definition) is 0. The van der Waals surface area contributed by atoms with Crippen LogP contribution in [0.5, 0.6) is 0 Å². The van der Waals surface area contributed by atoms with E-state index in [4.69, 9.17) is 0 Å². The molecule has 0 spiro atoms. The summed E-state index contributed by atoms with van der Waals surface area (Å²) in [5.41, 5.74) is 1.69. The maximum atomic E-state index is 13.4. The van der Waals surface area contributed by atoms with Gasteiger partial charge in [-0.2, -0.15) is 18.3 Å². The Morgan fingerprint density at radius 3 is 2.34 bits per heavy atom. The Morgan fingerprint density at radius 2 is 1.76 bits per heavy atom. The maximum absolute atomic E-state index is 13.4. The molecule has 0 saturated carbocycles. The molecule has 0 bridgehead atoms. The number of fused-ring (bicyclic) bond motifs is 1. The van der Waals surface area contributed by atoms with Crippen LogP contribution in [-0.4, -0.2) is 34.2 Å². The molecule has 0 aliphatic heterocycles. The largest absolute Gasteiger partial charge is 0.435 e. The second-order valence-electron chi connectivity index (χ2n) is 8.30. The molecule has 0 N–H and O–H groups in total. The van der Waals surface area contributed by atoms with Gasteiger partial charge in [0, 0.05) is 30.4 Å². The average molecular weight is 407 g/mol. The van der Waals surface area contributed by atoms with Gasteiger partial charge in [-0.05, 0) is 56.2 Å². The summed E-state index contributed by atoms with van der Waals surface area (Å²) >= 11 is 0. The van der Waals surface area contributed by atoms with Crippen molar-refractivity contribution in [1.82, 2.24) is 14.7 Å². The SMILES string of the molecule is CC(C)CN(C)C(=O)c1ccc(C(C)n2nc(C(F)(F)F)c3c2CCCC3)cc1. The Hall–Kier alpha value is -2.31. The summed E-state index contributed by atoms with van der Waals surface area (Å²) < 4.78 is 41.9. The molecular weight excluding hydrogens is 379 g/mol. The fraction of sp³-hybridized carbons (Fsp3) is 0.545. The molecule has 1 amide bonds. The van der Waals surface area contributed by atoms with Crippen LogP contribution in [0.1, 0.15) is 72.5 Å². The van der Waals surface area contributed by atoms with Crippen LogP contribution in [0.25, 0.3) is 0 Å². The standard InChI is InChI=1S/C22H28F3N3O/c1-14(2)13-27(4)21(29)17-11-9-16(10-12-17)15(3)28-19-8-6-5-7-18(19)20(26-28)22(23,24)25/h9-12,14-15H,5-8,13H2,1-4H3. The molecule has 1 atom stereocenters. The van der Waals surface area contributed by atoms with Crippen LogP contribution in [0, 0.1) is 5.92 Å². The van der Waals surface area contributed by atoms with Crippen molar-refractivity contribution in [2.24, 2.45) is 5.92 Å². The predicted molar refractivity (Wildman–Crippen MR) is 106 cm³/mol. The van der Waals surface area contributed by atoms with E-state index < -0.39 is 11.9 Å². The lowest BCUT2D eigenvalue weighted by Gasteiger charge is -2.21. The summed E-state index contributed by atoms with van der Waals surface area (Å²) in [6, 6.07) is 6.77. The van der Waals surface area contributed by atoms with Gasteiger partial charge >= 0.3 is 6.18 Å². The fourth-order valence-electron chi connectivity index (χ4n) is 4.07. The Kier molecular flexibility index (Phi) is 6.05. The van der Waals surface area contributed by atoms with Gasteiger partial charge in [-0.1, -0.05) is 26.0 Å². The van der Waals surface area contributed by atoms with E-state index in [2.05, 4.69) is 18.9 Å². The minimum Gasteiger partial charge on any atom is -0.341 e. The topological polar surface area (TPSA) is 38.1 Å². The van der Waals surface area contributed by atoms with E-state index in [0.717, 1.165) is 18.4 Å². The summed E-state index contributed by atoms with van der Waals surface area (Å²) in [5, 5.41) is 3.97. The number of carbonyl (C=O) groups is 1. The summed E-state index contributed by atoms with van der Waals surface area (Å²) in [6.07, 6.45) is -1.77. The third-order valence-corrected chi connectivity index (χ3v) is 5.47. The van der Waals surface area contributed by atoms with Gasteiger partial charge in [0.2, 0.25) is 0 Å². The number of rotatable bonds is 5. The smallest absolute Gasteiger partial charge is 0.341 e. The van der Waals surface area contributed by atoms with E-state index in [-0.39, 0.29) is 11.9 Å². The van der Waals surface area contributed by atoms with E-state index in [1.54, 1.807) is 24.1 Å². The first-order chi connectivity index (χ1) is 13.6. The lowest BCUT2D eigenvalue weighted by molar-refractivity contribution is -0.142. The van der Waals surface area contributed by atoms with Crippen molar-refractivity contribution in [1.29, 1.82) is 0 Å². The third kappa shape index (κ3) is 4.49. The highest BCUT2D eigenvalue weighted by Crippen LogP contribution is 2.37. The van der Waals surface area contributed by atoms with Gasteiger partial charge in [0.1, 0.15) is 0 Å². The first-order valence-corrected chi connectivity index (χ1v) is 10.1. The van der Waals surface area contributed by atoms with Crippen molar-refractivity contribution in [3.05, 3.63) is 52.3 Å². The highest BCUT2D eigenvalue weighted by Gasteiger charge is 2.40. The average Bonchev–Trinajstić information content (AvgIpc) is 3.06. The number of hydrogen-bond acceptors (Lipinski definition) is 2. The highest BCUT2D eigenvalue weighted by molar-refractivity contribution is 5.94. The minimum atomic E-state index is -4.44. The van der Waals surface area contributed by atoms with Gasteiger partial charge < -0.3 is 4.90 Å². The molecule has 0 fully saturated rings. The maximum Gasteiger partial charge on any atom is 0.435 e. The van der Waals surface area contributed by atoms with Gasteiger partial charge in [0.25, 0.3) is 5.91 Å². The third-order valence-electron chi connectivity index (χ3n) is 5.47. The van der Waals surface area contributed by atoms with Gasteiger partial charge in [0.05, 0.1) is 6.04 Å². The lowest BCUT2D eigenvalue weighted by Crippen LogP contribution is -2.30. The van der Waals surface area contributed by atoms with Gasteiger partial charge in [0.15, 0.2) is 5.69 Å². The van der Waals surface area contributed by atoms with E-state index >= 15 is 0 Å². The molecule has 3 rings (SSSR count). The first-order valence-electron chi connectivity index (χ1n) is 10.1. The number of halogens is 3. The quantitative estimate of drug-likeness (QED) is 0.690. The second kappa shape index (κ2) is 8.20. The molecule has 0 saturated heterocycles. The lowest BCUT2D eigenvalue weighted by atomic mass is 9.95. The zero-order valence-electron chi connectivity index (χ0n) is 17.4. The normalized spacial score (nSPS) is 15.3. The van der Waals surface area contributed by atoms with Crippen molar-refractivity contribution >= 4 is 5.91 Å². The van der Waals surface area contributed by atoms with E-state index in [1.165, 1.54) is 4.68 Å². The summed E-state index contributed by atoms with van der Waals surface area (Å²) in [7, 11) is 1.77. The van der Waals surface area contributed by atoms with Crippen molar-refractivity contribution in [2.45, 2.75) is 58.7 Å². The molecule has 1 aliphatic rings.